The Labute approximate surface area is 104 Å². The van der Waals surface area contributed by atoms with Crippen molar-refractivity contribution in [2.24, 2.45) is 0 Å². The van der Waals surface area contributed by atoms with Crippen LogP contribution in [0, 0.1) is 0 Å². The van der Waals surface area contributed by atoms with Crippen molar-refractivity contribution >= 4 is 12.0 Å². The van der Waals surface area contributed by atoms with Gasteiger partial charge in [-0.25, -0.2) is 9.78 Å². The van der Waals surface area contributed by atoms with Gasteiger partial charge in [0, 0.05) is 19.0 Å². The molecule has 1 heterocycles. The molecular formula is C10H17N5O3. The first-order chi connectivity index (χ1) is 8.50. The highest BCUT2D eigenvalue weighted by atomic mass is 16.4. The van der Waals surface area contributed by atoms with Crippen LogP contribution in [0.2, 0.25) is 0 Å². The maximum absolute atomic E-state index is 11.8. The lowest BCUT2D eigenvalue weighted by Crippen LogP contribution is -2.46. The Morgan fingerprint density at radius 1 is 1.56 bits per heavy atom. The molecule has 0 radical (unpaired) electrons. The summed E-state index contributed by atoms with van der Waals surface area (Å²) >= 11 is 0. The number of amides is 2. The summed E-state index contributed by atoms with van der Waals surface area (Å²) in [7, 11) is 0. The molecule has 1 aromatic rings. The quantitative estimate of drug-likeness (QED) is 0.654. The average Bonchev–Trinajstić information content (AvgIpc) is 2.78. The predicted molar refractivity (Wildman–Crippen MR) is 63.0 cm³/mol. The van der Waals surface area contributed by atoms with E-state index in [2.05, 4.69) is 20.5 Å². The summed E-state index contributed by atoms with van der Waals surface area (Å²) in [6.07, 6.45) is 1.91. The number of hydrogen-bond acceptors (Lipinski definition) is 4. The number of carboxylic acids is 1. The number of urea groups is 1. The van der Waals surface area contributed by atoms with Crippen molar-refractivity contribution in [3.8, 4) is 0 Å². The van der Waals surface area contributed by atoms with Crippen LogP contribution in [-0.2, 0) is 11.2 Å². The number of H-pyrrole nitrogens is 1. The van der Waals surface area contributed by atoms with Gasteiger partial charge in [-0.15, -0.1) is 0 Å². The maximum atomic E-state index is 11.8. The second kappa shape index (κ2) is 6.58. The van der Waals surface area contributed by atoms with Crippen LogP contribution in [0.3, 0.4) is 0 Å². The first-order valence-corrected chi connectivity index (χ1v) is 5.61. The fourth-order valence-electron chi connectivity index (χ4n) is 1.38. The summed E-state index contributed by atoms with van der Waals surface area (Å²) in [6.45, 7) is 3.58. The van der Waals surface area contributed by atoms with E-state index in [1.165, 1.54) is 11.2 Å². The molecule has 0 unspecified atom stereocenters. The number of aliphatic carboxylic acids is 1. The highest BCUT2D eigenvalue weighted by molar-refractivity contribution is 5.80. The summed E-state index contributed by atoms with van der Waals surface area (Å²) in [6, 6.07) is -0.571. The zero-order chi connectivity index (χ0) is 13.5. The molecule has 1 aromatic heterocycles. The number of nitrogens with one attached hydrogen (secondary N) is 2. The van der Waals surface area contributed by atoms with Gasteiger partial charge >= 0.3 is 12.0 Å². The zero-order valence-corrected chi connectivity index (χ0v) is 10.4. The molecule has 0 aliphatic rings. The van der Waals surface area contributed by atoms with Crippen LogP contribution in [0.15, 0.2) is 6.33 Å². The largest absolute Gasteiger partial charge is 0.480 e. The molecule has 0 fully saturated rings. The van der Waals surface area contributed by atoms with E-state index in [0.29, 0.717) is 18.8 Å². The van der Waals surface area contributed by atoms with Crippen LogP contribution in [0.25, 0.3) is 0 Å². The van der Waals surface area contributed by atoms with Crippen LogP contribution >= 0.6 is 0 Å². The van der Waals surface area contributed by atoms with E-state index in [0.717, 1.165) is 0 Å². The second-order valence-electron chi connectivity index (χ2n) is 4.03. The highest BCUT2D eigenvalue weighted by Gasteiger charge is 2.19. The van der Waals surface area contributed by atoms with Gasteiger partial charge in [-0.1, -0.05) is 0 Å². The molecule has 8 heteroatoms. The van der Waals surface area contributed by atoms with E-state index >= 15 is 0 Å². The fourth-order valence-corrected chi connectivity index (χ4v) is 1.38. The van der Waals surface area contributed by atoms with Crippen molar-refractivity contribution in [3.05, 3.63) is 12.2 Å². The molecule has 0 aromatic carbocycles. The molecule has 0 aliphatic heterocycles. The van der Waals surface area contributed by atoms with Gasteiger partial charge in [0.05, 0.1) is 0 Å². The lowest BCUT2D eigenvalue weighted by molar-refractivity contribution is -0.138. The van der Waals surface area contributed by atoms with Crippen LogP contribution in [0.1, 0.15) is 19.7 Å². The number of aromatic amines is 1. The Balaban J connectivity index is 2.39. The SMILES string of the molecule is CC(C)N(CC(=O)O)C(=O)NCCc1ncn[nH]1. The number of carbonyl (C=O) groups excluding carboxylic acids is 1. The minimum atomic E-state index is -1.03. The van der Waals surface area contributed by atoms with E-state index in [4.69, 9.17) is 5.11 Å². The minimum absolute atomic E-state index is 0.175. The van der Waals surface area contributed by atoms with E-state index in [9.17, 15) is 9.59 Å². The number of carbonyl (C=O) groups is 2. The third-order valence-corrected chi connectivity index (χ3v) is 2.29. The van der Waals surface area contributed by atoms with Gasteiger partial charge in [0.2, 0.25) is 0 Å². The second-order valence-corrected chi connectivity index (χ2v) is 4.03. The first-order valence-electron chi connectivity index (χ1n) is 5.61. The molecule has 1 rings (SSSR count). The monoisotopic (exact) mass is 255 g/mol. The van der Waals surface area contributed by atoms with E-state index in [-0.39, 0.29) is 12.6 Å². The molecular weight excluding hydrogens is 238 g/mol. The van der Waals surface area contributed by atoms with Crippen molar-refractivity contribution in [2.45, 2.75) is 26.3 Å². The highest BCUT2D eigenvalue weighted by Crippen LogP contribution is 1.98. The van der Waals surface area contributed by atoms with Crippen molar-refractivity contribution < 1.29 is 14.7 Å². The molecule has 0 saturated heterocycles. The van der Waals surface area contributed by atoms with Crippen molar-refractivity contribution in [2.75, 3.05) is 13.1 Å². The summed E-state index contributed by atoms with van der Waals surface area (Å²) in [5, 5.41) is 17.7. The lowest BCUT2D eigenvalue weighted by Gasteiger charge is -2.24. The van der Waals surface area contributed by atoms with Crippen LogP contribution < -0.4 is 5.32 Å². The molecule has 2 amide bonds. The Hall–Kier alpha value is -2.12. The molecule has 8 nitrogen and oxygen atoms in total. The topological polar surface area (TPSA) is 111 Å². The molecule has 0 spiro atoms. The summed E-state index contributed by atoms with van der Waals surface area (Å²) in [5.41, 5.74) is 0. The smallest absolute Gasteiger partial charge is 0.323 e. The first kappa shape index (κ1) is 13.9. The van der Waals surface area contributed by atoms with E-state index in [1.54, 1.807) is 13.8 Å². The molecule has 18 heavy (non-hydrogen) atoms. The fraction of sp³-hybridized carbons (Fsp3) is 0.600. The van der Waals surface area contributed by atoms with Gasteiger partial charge in [0.1, 0.15) is 18.7 Å². The third kappa shape index (κ3) is 4.40. The number of hydrogen-bond donors (Lipinski definition) is 3. The van der Waals surface area contributed by atoms with Crippen molar-refractivity contribution in [1.82, 2.24) is 25.4 Å². The van der Waals surface area contributed by atoms with Gasteiger partial charge in [0.25, 0.3) is 0 Å². The average molecular weight is 255 g/mol. The van der Waals surface area contributed by atoms with Crippen molar-refractivity contribution in [3.63, 3.8) is 0 Å². The number of rotatable bonds is 6. The van der Waals surface area contributed by atoms with Gasteiger partial charge in [-0.05, 0) is 13.8 Å². The predicted octanol–water partition coefficient (Wildman–Crippen LogP) is -0.148. The maximum Gasteiger partial charge on any atom is 0.323 e. The number of aromatic nitrogens is 3. The van der Waals surface area contributed by atoms with Gasteiger partial charge < -0.3 is 15.3 Å². The minimum Gasteiger partial charge on any atom is -0.480 e. The van der Waals surface area contributed by atoms with Crippen LogP contribution in [0.5, 0.6) is 0 Å². The summed E-state index contributed by atoms with van der Waals surface area (Å²) < 4.78 is 0. The molecule has 0 atom stereocenters. The number of carboxylic acid groups (broad SMARTS) is 1. The summed E-state index contributed by atoms with van der Waals surface area (Å²) in [4.78, 5) is 27.6. The standard InChI is InChI=1S/C10H17N5O3/c1-7(2)15(5-9(16)17)10(18)11-4-3-8-12-6-13-14-8/h6-7H,3-5H2,1-2H3,(H,11,18)(H,16,17)(H,12,13,14). The Kier molecular flexibility index (Phi) is 5.09. The van der Waals surface area contributed by atoms with Gasteiger partial charge in [-0.2, -0.15) is 5.10 Å². The Morgan fingerprint density at radius 3 is 2.78 bits per heavy atom. The lowest BCUT2D eigenvalue weighted by atomic mass is 10.3. The van der Waals surface area contributed by atoms with Gasteiger partial charge in [0.15, 0.2) is 0 Å². The number of nitrogens with zero attached hydrogens (tertiary/aromatic N) is 3. The van der Waals surface area contributed by atoms with Crippen LogP contribution in [0.4, 0.5) is 4.79 Å². The summed E-state index contributed by atoms with van der Waals surface area (Å²) in [5.74, 6) is -0.362. The van der Waals surface area contributed by atoms with E-state index in [1.807, 2.05) is 0 Å². The Bertz CT molecular complexity index is 390. The molecule has 100 valence electrons. The van der Waals surface area contributed by atoms with Crippen LogP contribution in [-0.4, -0.2) is 56.3 Å². The normalized spacial score (nSPS) is 10.4. The molecule has 0 bridgehead atoms. The van der Waals surface area contributed by atoms with E-state index < -0.39 is 12.0 Å². The zero-order valence-electron chi connectivity index (χ0n) is 10.4. The van der Waals surface area contributed by atoms with Crippen molar-refractivity contribution in [1.29, 1.82) is 0 Å². The van der Waals surface area contributed by atoms with Gasteiger partial charge in [-0.3, -0.25) is 9.89 Å². The molecule has 0 saturated carbocycles. The Morgan fingerprint density at radius 2 is 2.28 bits per heavy atom. The third-order valence-electron chi connectivity index (χ3n) is 2.29. The molecule has 3 N–H and O–H groups in total. The molecule has 0 aliphatic carbocycles.